The van der Waals surface area contributed by atoms with E-state index >= 15 is 0 Å². The van der Waals surface area contributed by atoms with E-state index in [1.165, 1.54) is 0 Å². The molecular formula is C16H24O3. The van der Waals surface area contributed by atoms with Gasteiger partial charge in [0.15, 0.2) is 11.5 Å². The third-order valence-corrected chi connectivity index (χ3v) is 2.64. The highest BCUT2D eigenvalue weighted by molar-refractivity contribution is 5.78. The summed E-state index contributed by atoms with van der Waals surface area (Å²) in [6.45, 7) is 7.24. The summed E-state index contributed by atoms with van der Waals surface area (Å²) in [6, 6.07) is 7.62. The Morgan fingerprint density at radius 2 is 1.79 bits per heavy atom. The highest BCUT2D eigenvalue weighted by Gasteiger charge is 2.06. The van der Waals surface area contributed by atoms with Crippen molar-refractivity contribution < 1.29 is 14.3 Å². The molecule has 1 aromatic carbocycles. The van der Waals surface area contributed by atoms with Crippen LogP contribution in [0.25, 0.3) is 0 Å². The molecule has 3 nitrogen and oxygen atoms in total. The lowest BCUT2D eigenvalue weighted by Crippen LogP contribution is -2.06. The Balaban J connectivity index is 2.31. The van der Waals surface area contributed by atoms with Gasteiger partial charge in [-0.05, 0) is 31.4 Å². The minimum Gasteiger partial charge on any atom is -0.490 e. The summed E-state index contributed by atoms with van der Waals surface area (Å²) < 4.78 is 11.1. The van der Waals surface area contributed by atoms with E-state index in [0.717, 1.165) is 17.9 Å². The molecule has 3 heteroatoms. The molecule has 0 aliphatic rings. The number of hydrogen-bond donors (Lipinski definition) is 0. The first-order chi connectivity index (χ1) is 9.13. The number of ketones is 1. The van der Waals surface area contributed by atoms with Crippen molar-refractivity contribution in [3.8, 4) is 11.5 Å². The maximum Gasteiger partial charge on any atom is 0.161 e. The molecule has 0 aromatic heterocycles. The first-order valence-corrected chi connectivity index (χ1v) is 6.99. The smallest absolute Gasteiger partial charge is 0.161 e. The van der Waals surface area contributed by atoms with E-state index in [4.69, 9.17) is 9.47 Å². The molecule has 0 unspecified atom stereocenters. The van der Waals surface area contributed by atoms with Gasteiger partial charge in [-0.25, -0.2) is 0 Å². The van der Waals surface area contributed by atoms with Crippen LogP contribution in [-0.2, 0) is 4.79 Å². The Bertz CT molecular complexity index is 385. The van der Waals surface area contributed by atoms with Crippen LogP contribution in [-0.4, -0.2) is 19.0 Å². The second-order valence-electron chi connectivity index (χ2n) is 4.97. The van der Waals surface area contributed by atoms with Crippen molar-refractivity contribution in [2.24, 2.45) is 5.92 Å². The van der Waals surface area contributed by atoms with Crippen LogP contribution in [0.1, 0.15) is 40.0 Å². The standard InChI is InChI=1S/C16H24O3/c1-4-18-15-9-5-6-10-16(15)19-11-7-8-14(17)12-13(2)3/h5-6,9-10,13H,4,7-8,11-12H2,1-3H3. The van der Waals surface area contributed by atoms with Gasteiger partial charge < -0.3 is 9.47 Å². The van der Waals surface area contributed by atoms with E-state index < -0.39 is 0 Å². The molecule has 0 radical (unpaired) electrons. The van der Waals surface area contributed by atoms with Crippen LogP contribution < -0.4 is 9.47 Å². The molecule has 19 heavy (non-hydrogen) atoms. The SMILES string of the molecule is CCOc1ccccc1OCCCC(=O)CC(C)C. The Morgan fingerprint density at radius 1 is 1.16 bits per heavy atom. The average molecular weight is 264 g/mol. The lowest BCUT2D eigenvalue weighted by molar-refractivity contribution is -0.119. The summed E-state index contributed by atoms with van der Waals surface area (Å²) in [5.74, 6) is 2.27. The largest absolute Gasteiger partial charge is 0.490 e. The molecule has 0 fully saturated rings. The van der Waals surface area contributed by atoms with Gasteiger partial charge in [0.1, 0.15) is 5.78 Å². The van der Waals surface area contributed by atoms with Crippen molar-refractivity contribution in [2.45, 2.75) is 40.0 Å². The van der Waals surface area contributed by atoms with Crippen molar-refractivity contribution in [1.82, 2.24) is 0 Å². The predicted molar refractivity (Wildman–Crippen MR) is 76.8 cm³/mol. The Kier molecular flexibility index (Phi) is 7.01. The normalized spacial score (nSPS) is 10.5. The van der Waals surface area contributed by atoms with Crippen molar-refractivity contribution in [1.29, 1.82) is 0 Å². The van der Waals surface area contributed by atoms with Crippen LogP contribution in [0, 0.1) is 5.92 Å². The number of carbonyl (C=O) groups excluding carboxylic acids is 1. The van der Waals surface area contributed by atoms with Gasteiger partial charge in [-0.15, -0.1) is 0 Å². The highest BCUT2D eigenvalue weighted by Crippen LogP contribution is 2.26. The lowest BCUT2D eigenvalue weighted by atomic mass is 10.0. The van der Waals surface area contributed by atoms with E-state index in [9.17, 15) is 4.79 Å². The minimum atomic E-state index is 0.316. The van der Waals surface area contributed by atoms with Gasteiger partial charge in [0.05, 0.1) is 13.2 Å². The quantitative estimate of drug-likeness (QED) is 0.635. The summed E-state index contributed by atoms with van der Waals surface area (Å²) in [6.07, 6.45) is 2.01. The minimum absolute atomic E-state index is 0.316. The number of rotatable bonds is 9. The summed E-state index contributed by atoms with van der Waals surface area (Å²) in [5, 5.41) is 0. The second kappa shape index (κ2) is 8.57. The third kappa shape index (κ3) is 6.27. The number of ether oxygens (including phenoxy) is 2. The van der Waals surface area contributed by atoms with E-state index in [1.807, 2.05) is 31.2 Å². The van der Waals surface area contributed by atoms with Crippen molar-refractivity contribution in [3.63, 3.8) is 0 Å². The maximum atomic E-state index is 11.6. The summed E-state index contributed by atoms with van der Waals surface area (Å²) >= 11 is 0. The molecule has 1 rings (SSSR count). The Labute approximate surface area is 115 Å². The van der Waals surface area contributed by atoms with Gasteiger partial charge in [0.25, 0.3) is 0 Å². The molecule has 0 amide bonds. The van der Waals surface area contributed by atoms with E-state index in [2.05, 4.69) is 13.8 Å². The third-order valence-electron chi connectivity index (χ3n) is 2.64. The number of hydrogen-bond acceptors (Lipinski definition) is 3. The van der Waals surface area contributed by atoms with Gasteiger partial charge >= 0.3 is 0 Å². The van der Waals surface area contributed by atoms with Gasteiger partial charge in [-0.3, -0.25) is 4.79 Å². The summed E-state index contributed by atoms with van der Waals surface area (Å²) in [5.41, 5.74) is 0. The van der Waals surface area contributed by atoms with Crippen LogP contribution in [0.5, 0.6) is 11.5 Å². The Hall–Kier alpha value is -1.51. The van der Waals surface area contributed by atoms with Crippen molar-refractivity contribution in [2.75, 3.05) is 13.2 Å². The molecule has 0 aliphatic heterocycles. The van der Waals surface area contributed by atoms with Gasteiger partial charge in [0, 0.05) is 12.8 Å². The maximum absolute atomic E-state index is 11.6. The van der Waals surface area contributed by atoms with Crippen LogP contribution in [0.4, 0.5) is 0 Å². The van der Waals surface area contributed by atoms with Crippen LogP contribution in [0.3, 0.4) is 0 Å². The average Bonchev–Trinajstić information content (AvgIpc) is 2.36. The van der Waals surface area contributed by atoms with E-state index in [-0.39, 0.29) is 0 Å². The van der Waals surface area contributed by atoms with Gasteiger partial charge in [-0.2, -0.15) is 0 Å². The van der Waals surface area contributed by atoms with Crippen molar-refractivity contribution >= 4 is 5.78 Å². The van der Waals surface area contributed by atoms with Crippen LogP contribution in [0.2, 0.25) is 0 Å². The molecule has 0 heterocycles. The zero-order valence-corrected chi connectivity index (χ0v) is 12.1. The molecule has 0 saturated carbocycles. The molecular weight excluding hydrogens is 240 g/mol. The number of para-hydroxylation sites is 2. The van der Waals surface area contributed by atoms with Crippen LogP contribution in [0.15, 0.2) is 24.3 Å². The topological polar surface area (TPSA) is 35.5 Å². The van der Waals surface area contributed by atoms with Gasteiger partial charge in [-0.1, -0.05) is 26.0 Å². The highest BCUT2D eigenvalue weighted by atomic mass is 16.5. The fourth-order valence-corrected chi connectivity index (χ4v) is 1.85. The summed E-state index contributed by atoms with van der Waals surface area (Å²) in [7, 11) is 0. The predicted octanol–water partition coefficient (Wildman–Crippen LogP) is 3.86. The number of Topliss-reactive ketones (excluding diaryl/α,β-unsaturated/α-hetero) is 1. The monoisotopic (exact) mass is 264 g/mol. The zero-order chi connectivity index (χ0) is 14.1. The molecule has 0 N–H and O–H groups in total. The number of carbonyl (C=O) groups is 1. The first kappa shape index (κ1) is 15.5. The summed E-state index contributed by atoms with van der Waals surface area (Å²) in [4.78, 5) is 11.6. The molecule has 0 spiro atoms. The molecule has 0 bridgehead atoms. The van der Waals surface area contributed by atoms with Crippen molar-refractivity contribution in [3.05, 3.63) is 24.3 Å². The molecule has 0 aliphatic carbocycles. The van der Waals surface area contributed by atoms with Gasteiger partial charge in [0.2, 0.25) is 0 Å². The second-order valence-corrected chi connectivity index (χ2v) is 4.97. The Morgan fingerprint density at radius 3 is 2.37 bits per heavy atom. The molecule has 106 valence electrons. The van der Waals surface area contributed by atoms with E-state index in [1.54, 1.807) is 0 Å². The molecule has 1 aromatic rings. The molecule has 0 saturated heterocycles. The fourth-order valence-electron chi connectivity index (χ4n) is 1.85. The van der Waals surface area contributed by atoms with Crippen LogP contribution >= 0.6 is 0 Å². The lowest BCUT2D eigenvalue weighted by Gasteiger charge is -2.11. The molecule has 0 atom stereocenters. The zero-order valence-electron chi connectivity index (χ0n) is 12.1. The first-order valence-electron chi connectivity index (χ1n) is 6.99. The van der Waals surface area contributed by atoms with E-state index in [0.29, 0.717) is 37.8 Å². The number of benzene rings is 1. The fraction of sp³-hybridized carbons (Fsp3) is 0.562.